The number of hydrogen-bond donors (Lipinski definition) is 1. The first-order valence-electron chi connectivity index (χ1n) is 5.77. The molecule has 0 saturated carbocycles. The second kappa shape index (κ2) is 6.49. The minimum absolute atomic E-state index is 0.469. The van der Waals surface area contributed by atoms with Gasteiger partial charge in [-0.15, -0.1) is 0 Å². The molecular formula is C10H10ClF6NO4. The molecule has 1 rings (SSSR count). The van der Waals surface area contributed by atoms with Crippen molar-refractivity contribution in [3.05, 3.63) is 0 Å². The third kappa shape index (κ3) is 4.90. The van der Waals surface area contributed by atoms with Crippen LogP contribution in [0, 0.1) is 0 Å². The number of halogens is 7. The molecule has 0 aliphatic carbocycles. The predicted octanol–water partition coefficient (Wildman–Crippen LogP) is 1.88. The van der Waals surface area contributed by atoms with E-state index in [2.05, 4.69) is 4.74 Å². The largest absolute Gasteiger partial charge is 0.490 e. The highest BCUT2D eigenvalue weighted by Crippen LogP contribution is 2.28. The van der Waals surface area contributed by atoms with Crippen LogP contribution in [0.25, 0.3) is 0 Å². The van der Waals surface area contributed by atoms with Crippen LogP contribution in [-0.2, 0) is 19.1 Å². The average Bonchev–Trinajstić information content (AvgIpc) is 2.30. The lowest BCUT2D eigenvalue weighted by Gasteiger charge is -2.38. The molecule has 1 saturated heterocycles. The van der Waals surface area contributed by atoms with Crippen LogP contribution >= 0.6 is 11.6 Å². The van der Waals surface area contributed by atoms with Crippen LogP contribution < -0.4 is 5.32 Å². The number of ether oxygens (including phenoxy) is 2. The number of rotatable bonds is 2. The van der Waals surface area contributed by atoms with Crippen molar-refractivity contribution < 1.29 is 45.4 Å². The zero-order valence-corrected chi connectivity index (χ0v) is 11.6. The molecule has 5 nitrogen and oxygen atoms in total. The fraction of sp³-hybridized carbons (Fsp3) is 0.800. The molecule has 22 heavy (non-hydrogen) atoms. The summed E-state index contributed by atoms with van der Waals surface area (Å²) in [7, 11) is 0. The Kier molecular flexibility index (Phi) is 5.55. The highest BCUT2D eigenvalue weighted by atomic mass is 35.5. The summed E-state index contributed by atoms with van der Waals surface area (Å²) < 4.78 is 82.2. The van der Waals surface area contributed by atoms with Crippen molar-refractivity contribution in [2.75, 3.05) is 0 Å². The fourth-order valence-corrected chi connectivity index (χ4v) is 2.14. The van der Waals surface area contributed by atoms with Gasteiger partial charge in [-0.2, -0.15) is 26.3 Å². The van der Waals surface area contributed by atoms with E-state index in [0.717, 1.165) is 6.92 Å². The van der Waals surface area contributed by atoms with Crippen molar-refractivity contribution in [2.45, 2.75) is 49.5 Å². The van der Waals surface area contributed by atoms with E-state index in [0.29, 0.717) is 0 Å². The van der Waals surface area contributed by atoms with Gasteiger partial charge in [0.05, 0.1) is 12.1 Å². The zero-order valence-electron chi connectivity index (χ0n) is 10.8. The second-order valence-corrected chi connectivity index (χ2v) is 4.92. The summed E-state index contributed by atoms with van der Waals surface area (Å²) in [6.07, 6.45) is -14.1. The topological polar surface area (TPSA) is 64.6 Å². The summed E-state index contributed by atoms with van der Waals surface area (Å²) in [4.78, 5) is 21.7. The maximum atomic E-state index is 12.2. The smallest absolute Gasteiger partial charge is 0.451 e. The number of hydrogen-bond acceptors (Lipinski definition) is 4. The number of alkyl halides is 7. The van der Waals surface area contributed by atoms with Crippen molar-refractivity contribution in [1.82, 2.24) is 5.32 Å². The van der Waals surface area contributed by atoms with Gasteiger partial charge in [0.25, 0.3) is 0 Å². The third-order valence-electron chi connectivity index (χ3n) is 2.71. The molecule has 4 atom stereocenters. The lowest BCUT2D eigenvalue weighted by molar-refractivity contribution is -0.217. The quantitative estimate of drug-likeness (QED) is 0.465. The van der Waals surface area contributed by atoms with Gasteiger partial charge in [-0.1, -0.05) is 11.6 Å². The Morgan fingerprint density at radius 1 is 1.18 bits per heavy atom. The number of carbonyl (C=O) groups excluding carboxylic acids is 2. The van der Waals surface area contributed by atoms with Crippen molar-refractivity contribution in [3.63, 3.8) is 0 Å². The van der Waals surface area contributed by atoms with Crippen molar-refractivity contribution in [1.29, 1.82) is 0 Å². The molecule has 12 heteroatoms. The van der Waals surface area contributed by atoms with Gasteiger partial charge in [0.2, 0.25) is 0 Å². The van der Waals surface area contributed by atoms with Gasteiger partial charge < -0.3 is 14.8 Å². The molecule has 0 unspecified atom stereocenters. The van der Waals surface area contributed by atoms with Crippen LogP contribution in [0.3, 0.4) is 0 Å². The normalized spacial score (nSPS) is 29.8. The SMILES string of the molecule is C[C@H]1O[C@H](Cl)C[C@@H](NC(=O)C(F)(F)F)[C@H]1OC(=O)C(F)(F)F. The molecule has 0 radical (unpaired) electrons. The highest BCUT2D eigenvalue weighted by molar-refractivity contribution is 6.19. The minimum Gasteiger partial charge on any atom is -0.451 e. The third-order valence-corrected chi connectivity index (χ3v) is 2.99. The Bertz CT molecular complexity index is 440. The molecule has 128 valence electrons. The van der Waals surface area contributed by atoms with E-state index >= 15 is 0 Å². The van der Waals surface area contributed by atoms with E-state index in [4.69, 9.17) is 16.3 Å². The van der Waals surface area contributed by atoms with Crippen molar-refractivity contribution >= 4 is 23.5 Å². The van der Waals surface area contributed by atoms with E-state index in [-0.39, 0.29) is 0 Å². The van der Waals surface area contributed by atoms with Crippen LogP contribution in [0.2, 0.25) is 0 Å². The summed E-state index contributed by atoms with van der Waals surface area (Å²) in [5.41, 5.74) is -1.16. The highest BCUT2D eigenvalue weighted by Gasteiger charge is 2.48. The Morgan fingerprint density at radius 2 is 1.73 bits per heavy atom. The number of carbonyl (C=O) groups is 2. The fourth-order valence-electron chi connectivity index (χ4n) is 1.79. The van der Waals surface area contributed by atoms with Gasteiger partial charge in [-0.3, -0.25) is 4.79 Å². The van der Waals surface area contributed by atoms with Crippen LogP contribution in [-0.4, -0.2) is 48.0 Å². The molecule has 1 fully saturated rings. The van der Waals surface area contributed by atoms with E-state index in [1.165, 1.54) is 5.32 Å². The monoisotopic (exact) mass is 357 g/mol. The molecule has 1 aliphatic heterocycles. The molecule has 0 aromatic heterocycles. The summed E-state index contributed by atoms with van der Waals surface area (Å²) >= 11 is 5.58. The molecule has 1 heterocycles. The van der Waals surface area contributed by atoms with Gasteiger partial charge >= 0.3 is 24.2 Å². The first-order chi connectivity index (χ1) is 9.82. The molecule has 1 aliphatic rings. The predicted molar refractivity (Wildman–Crippen MR) is 58.7 cm³/mol. The van der Waals surface area contributed by atoms with Crippen molar-refractivity contribution in [3.8, 4) is 0 Å². The van der Waals surface area contributed by atoms with Gasteiger partial charge in [-0.05, 0) is 6.92 Å². The second-order valence-electron chi connectivity index (χ2n) is 4.43. The zero-order chi connectivity index (χ0) is 17.3. The lowest BCUT2D eigenvalue weighted by Crippen LogP contribution is -2.58. The Labute approximate surface area is 124 Å². The van der Waals surface area contributed by atoms with Crippen LogP contribution in [0.1, 0.15) is 13.3 Å². The number of nitrogens with one attached hydrogen (secondary N) is 1. The first kappa shape index (κ1) is 18.8. The van der Waals surface area contributed by atoms with E-state index < -0.39 is 54.5 Å². The maximum absolute atomic E-state index is 12.2. The van der Waals surface area contributed by atoms with E-state index in [1.54, 1.807) is 0 Å². The molecule has 0 bridgehead atoms. The number of amides is 1. The Balaban J connectivity index is 2.88. The standard InChI is InChI=1S/C10H10ClF6NO4/c1-3-6(22-8(20)10(15,16)17)4(2-5(11)21-3)18-7(19)9(12,13)14/h3-6H,2H2,1H3,(H,18,19)/t3-,4-,5+,6+/m1/s1. The molecule has 1 N–H and O–H groups in total. The van der Waals surface area contributed by atoms with Crippen molar-refractivity contribution in [2.24, 2.45) is 0 Å². The summed E-state index contributed by atoms with van der Waals surface area (Å²) in [6.45, 7) is 1.15. The van der Waals surface area contributed by atoms with Crippen LogP contribution in [0.4, 0.5) is 26.3 Å². The molecule has 0 aromatic rings. The lowest BCUT2D eigenvalue weighted by atomic mass is 10.00. The van der Waals surface area contributed by atoms with E-state index in [9.17, 15) is 35.9 Å². The molecule has 1 amide bonds. The van der Waals surface area contributed by atoms with Crippen LogP contribution in [0.5, 0.6) is 0 Å². The minimum atomic E-state index is -5.34. The van der Waals surface area contributed by atoms with Gasteiger partial charge in [0.1, 0.15) is 11.7 Å². The average molecular weight is 358 g/mol. The molecule has 0 spiro atoms. The summed E-state index contributed by atoms with van der Waals surface area (Å²) in [5, 5.41) is 1.45. The van der Waals surface area contributed by atoms with Gasteiger partial charge in [-0.25, -0.2) is 4.79 Å². The van der Waals surface area contributed by atoms with Gasteiger partial charge in [0, 0.05) is 6.42 Å². The first-order valence-corrected chi connectivity index (χ1v) is 6.21. The summed E-state index contributed by atoms with van der Waals surface area (Å²) in [6, 6.07) is -1.58. The Hall–Kier alpha value is -1.23. The van der Waals surface area contributed by atoms with E-state index in [1.807, 2.05) is 0 Å². The Morgan fingerprint density at radius 3 is 2.18 bits per heavy atom. The molecule has 0 aromatic carbocycles. The van der Waals surface area contributed by atoms with Crippen LogP contribution in [0.15, 0.2) is 0 Å². The summed E-state index contributed by atoms with van der Waals surface area (Å²) in [5.74, 6) is -4.99. The number of esters is 1. The maximum Gasteiger partial charge on any atom is 0.490 e. The van der Waals surface area contributed by atoms with Gasteiger partial charge in [0.15, 0.2) is 0 Å². The molecular weight excluding hydrogens is 348 g/mol.